The van der Waals surface area contributed by atoms with Crippen molar-refractivity contribution in [3.05, 3.63) is 15.6 Å². The third kappa shape index (κ3) is 3.42. The highest BCUT2D eigenvalue weighted by molar-refractivity contribution is 7.80. The van der Waals surface area contributed by atoms with Crippen LogP contribution in [-0.4, -0.2) is 16.1 Å². The lowest BCUT2D eigenvalue weighted by Crippen LogP contribution is -2.41. The van der Waals surface area contributed by atoms with E-state index >= 15 is 0 Å². The zero-order valence-corrected chi connectivity index (χ0v) is 12.9. The molecule has 1 unspecified atom stereocenters. The van der Waals surface area contributed by atoms with Crippen molar-refractivity contribution in [2.45, 2.75) is 58.5 Å². The molecule has 1 aromatic heterocycles. The molecule has 0 amide bonds. The minimum Gasteiger partial charge on any atom is -0.360 e. The van der Waals surface area contributed by atoms with Crippen molar-refractivity contribution < 1.29 is 0 Å². The molecule has 3 nitrogen and oxygen atoms in total. The van der Waals surface area contributed by atoms with Gasteiger partial charge < -0.3 is 10.6 Å². The van der Waals surface area contributed by atoms with Crippen LogP contribution in [0.3, 0.4) is 0 Å². The van der Waals surface area contributed by atoms with Crippen molar-refractivity contribution in [3.8, 4) is 0 Å². The van der Waals surface area contributed by atoms with Gasteiger partial charge in [0.15, 0.2) is 5.11 Å². The summed E-state index contributed by atoms with van der Waals surface area (Å²) in [7, 11) is 0. The monoisotopic (exact) mass is 283 g/mol. The number of hydrogen-bond donors (Lipinski definition) is 2. The Kier molecular flexibility index (Phi) is 4.56. The highest BCUT2D eigenvalue weighted by atomic mass is 32.1. The van der Waals surface area contributed by atoms with E-state index in [0.717, 1.165) is 15.8 Å². The summed E-state index contributed by atoms with van der Waals surface area (Å²) in [5.41, 5.74) is 1.11. The molecule has 2 rings (SSSR count). The van der Waals surface area contributed by atoms with Crippen molar-refractivity contribution in [1.82, 2.24) is 15.6 Å². The Hall–Kier alpha value is -0.680. The Bertz CT molecular complexity index is 422. The summed E-state index contributed by atoms with van der Waals surface area (Å²) in [5, 5.41) is 8.67. The van der Waals surface area contributed by atoms with E-state index in [0.29, 0.717) is 6.04 Å². The molecule has 5 heteroatoms. The second kappa shape index (κ2) is 5.97. The quantitative estimate of drug-likeness (QED) is 0.835. The van der Waals surface area contributed by atoms with Gasteiger partial charge in [-0.05, 0) is 45.8 Å². The Labute approximate surface area is 118 Å². The first-order chi connectivity index (χ1) is 8.56. The van der Waals surface area contributed by atoms with Crippen LogP contribution >= 0.6 is 23.6 Å². The fourth-order valence-corrected chi connectivity index (χ4v) is 3.78. The van der Waals surface area contributed by atoms with Gasteiger partial charge in [-0.1, -0.05) is 12.8 Å². The smallest absolute Gasteiger partial charge is 0.167 e. The molecule has 18 heavy (non-hydrogen) atoms. The number of nitrogens with one attached hydrogen (secondary N) is 2. The Morgan fingerprint density at radius 3 is 2.61 bits per heavy atom. The molecular formula is C13H21N3S2. The highest BCUT2D eigenvalue weighted by Crippen LogP contribution is 2.24. The van der Waals surface area contributed by atoms with Gasteiger partial charge in [0.1, 0.15) is 0 Å². The van der Waals surface area contributed by atoms with E-state index in [1.165, 1.54) is 30.6 Å². The normalized spacial score (nSPS) is 17.7. The molecular weight excluding hydrogens is 262 g/mol. The topological polar surface area (TPSA) is 37.0 Å². The number of thiazole rings is 1. The van der Waals surface area contributed by atoms with E-state index in [9.17, 15) is 0 Å². The van der Waals surface area contributed by atoms with E-state index in [-0.39, 0.29) is 6.04 Å². The molecule has 0 bridgehead atoms. The van der Waals surface area contributed by atoms with Crippen LogP contribution in [0, 0.1) is 13.8 Å². The largest absolute Gasteiger partial charge is 0.360 e. The molecule has 0 radical (unpaired) electrons. The Balaban J connectivity index is 1.88. The summed E-state index contributed by atoms with van der Waals surface area (Å²) in [6.07, 6.45) is 5.13. The van der Waals surface area contributed by atoms with Gasteiger partial charge in [-0.25, -0.2) is 4.98 Å². The molecule has 0 aromatic carbocycles. The Morgan fingerprint density at radius 2 is 2.06 bits per heavy atom. The van der Waals surface area contributed by atoms with Crippen LogP contribution in [0.4, 0.5) is 0 Å². The van der Waals surface area contributed by atoms with Crippen molar-refractivity contribution in [3.63, 3.8) is 0 Å². The summed E-state index contributed by atoms with van der Waals surface area (Å²) in [4.78, 5) is 5.74. The van der Waals surface area contributed by atoms with Crippen molar-refractivity contribution in [2.24, 2.45) is 0 Å². The average Bonchev–Trinajstić information content (AvgIpc) is 2.88. The van der Waals surface area contributed by atoms with Crippen LogP contribution in [-0.2, 0) is 0 Å². The van der Waals surface area contributed by atoms with Gasteiger partial charge in [0, 0.05) is 10.9 Å². The van der Waals surface area contributed by atoms with Gasteiger partial charge in [-0.15, -0.1) is 11.3 Å². The SMILES string of the molecule is Cc1nc(C)c(C(C)NC(=S)NC2CCCC2)s1. The number of thiocarbonyl (C=S) groups is 1. The minimum absolute atomic E-state index is 0.234. The maximum atomic E-state index is 5.38. The zero-order valence-electron chi connectivity index (χ0n) is 11.2. The number of hydrogen-bond acceptors (Lipinski definition) is 3. The maximum Gasteiger partial charge on any atom is 0.167 e. The molecule has 0 saturated heterocycles. The van der Waals surface area contributed by atoms with Crippen LogP contribution in [0.5, 0.6) is 0 Å². The Morgan fingerprint density at radius 1 is 1.39 bits per heavy atom. The van der Waals surface area contributed by atoms with Crippen LogP contribution in [0.25, 0.3) is 0 Å². The predicted octanol–water partition coefficient (Wildman–Crippen LogP) is 3.23. The molecule has 1 aromatic rings. The summed E-state index contributed by atoms with van der Waals surface area (Å²) in [6.45, 7) is 6.25. The first-order valence-electron chi connectivity index (χ1n) is 6.57. The van der Waals surface area contributed by atoms with E-state index in [1.807, 2.05) is 6.92 Å². The van der Waals surface area contributed by atoms with E-state index in [4.69, 9.17) is 12.2 Å². The highest BCUT2D eigenvalue weighted by Gasteiger charge is 2.18. The molecule has 2 N–H and O–H groups in total. The number of nitrogens with zero attached hydrogens (tertiary/aromatic N) is 1. The molecule has 1 atom stereocenters. The second-order valence-electron chi connectivity index (χ2n) is 5.00. The van der Waals surface area contributed by atoms with Gasteiger partial charge in [0.25, 0.3) is 0 Å². The van der Waals surface area contributed by atoms with Crippen molar-refractivity contribution in [1.29, 1.82) is 0 Å². The number of aromatic nitrogens is 1. The van der Waals surface area contributed by atoms with Crippen LogP contribution < -0.4 is 10.6 Å². The number of rotatable bonds is 3. The first-order valence-corrected chi connectivity index (χ1v) is 7.79. The van der Waals surface area contributed by atoms with Gasteiger partial charge in [-0.2, -0.15) is 0 Å². The fourth-order valence-electron chi connectivity index (χ4n) is 2.51. The van der Waals surface area contributed by atoms with Crippen LogP contribution in [0.15, 0.2) is 0 Å². The van der Waals surface area contributed by atoms with E-state index in [2.05, 4.69) is 29.5 Å². The number of aryl methyl sites for hydroxylation is 2. The van der Waals surface area contributed by atoms with Gasteiger partial charge in [-0.3, -0.25) is 0 Å². The summed E-state index contributed by atoms with van der Waals surface area (Å²) < 4.78 is 0. The molecule has 0 aliphatic heterocycles. The fraction of sp³-hybridized carbons (Fsp3) is 0.692. The minimum atomic E-state index is 0.234. The maximum absolute atomic E-state index is 5.38. The molecule has 1 fully saturated rings. The zero-order chi connectivity index (χ0) is 13.1. The summed E-state index contributed by atoms with van der Waals surface area (Å²) in [6, 6.07) is 0.805. The van der Waals surface area contributed by atoms with Crippen molar-refractivity contribution in [2.75, 3.05) is 0 Å². The van der Waals surface area contributed by atoms with Crippen LogP contribution in [0.2, 0.25) is 0 Å². The molecule has 0 spiro atoms. The third-order valence-corrected chi connectivity index (χ3v) is 4.86. The molecule has 1 aliphatic carbocycles. The first kappa shape index (κ1) is 13.7. The van der Waals surface area contributed by atoms with Gasteiger partial charge >= 0.3 is 0 Å². The second-order valence-corrected chi connectivity index (χ2v) is 6.65. The summed E-state index contributed by atoms with van der Waals surface area (Å²) in [5.74, 6) is 0. The lowest BCUT2D eigenvalue weighted by Gasteiger charge is -2.19. The van der Waals surface area contributed by atoms with Crippen molar-refractivity contribution >= 4 is 28.7 Å². The van der Waals surface area contributed by atoms with Gasteiger partial charge in [0.05, 0.1) is 16.7 Å². The molecule has 1 heterocycles. The third-order valence-electron chi connectivity index (χ3n) is 3.37. The standard InChI is InChI=1S/C13H21N3S2/c1-8-12(18-10(3)14-8)9(2)15-13(17)16-11-6-4-5-7-11/h9,11H,4-7H2,1-3H3,(H2,15,16,17). The van der Waals surface area contributed by atoms with Gasteiger partial charge in [0.2, 0.25) is 0 Å². The van der Waals surface area contributed by atoms with E-state index < -0.39 is 0 Å². The predicted molar refractivity (Wildman–Crippen MR) is 81.1 cm³/mol. The lowest BCUT2D eigenvalue weighted by atomic mass is 10.2. The van der Waals surface area contributed by atoms with E-state index in [1.54, 1.807) is 11.3 Å². The lowest BCUT2D eigenvalue weighted by molar-refractivity contribution is 0.607. The molecule has 100 valence electrons. The molecule has 1 aliphatic rings. The molecule has 1 saturated carbocycles. The average molecular weight is 283 g/mol. The van der Waals surface area contributed by atoms with Crippen LogP contribution in [0.1, 0.15) is 54.2 Å². The summed E-state index contributed by atoms with van der Waals surface area (Å²) >= 11 is 7.13.